The molecule has 0 bridgehead atoms. The van der Waals surface area contributed by atoms with E-state index in [1.807, 2.05) is 36.5 Å². The summed E-state index contributed by atoms with van der Waals surface area (Å²) in [5.74, 6) is 0.296. The summed E-state index contributed by atoms with van der Waals surface area (Å²) in [6, 6.07) is 7.91. The quantitative estimate of drug-likeness (QED) is 0.581. The second-order valence-electron chi connectivity index (χ2n) is 5.99. The number of dihydropyridines is 1. The third-order valence-corrected chi connectivity index (χ3v) is 4.48. The highest BCUT2D eigenvalue weighted by Crippen LogP contribution is 2.38. The van der Waals surface area contributed by atoms with Crippen molar-refractivity contribution in [1.82, 2.24) is 4.90 Å². The number of fused-ring (bicyclic) bond motifs is 1. The molecule has 2 unspecified atom stereocenters. The first-order valence-corrected chi connectivity index (χ1v) is 8.29. The molecule has 0 spiro atoms. The summed E-state index contributed by atoms with van der Waals surface area (Å²) in [4.78, 5) is 18.9. The molecule has 2 aliphatic rings. The highest BCUT2D eigenvalue weighted by molar-refractivity contribution is 5.96. The van der Waals surface area contributed by atoms with E-state index in [-0.39, 0.29) is 18.1 Å². The highest BCUT2D eigenvalue weighted by atomic mass is 16.5. The van der Waals surface area contributed by atoms with Crippen LogP contribution in [0.25, 0.3) is 0 Å². The van der Waals surface area contributed by atoms with Gasteiger partial charge in [0, 0.05) is 19.0 Å². The lowest BCUT2D eigenvalue weighted by atomic mass is 9.89. The zero-order valence-electron chi connectivity index (χ0n) is 15.1. The van der Waals surface area contributed by atoms with Crippen molar-refractivity contribution in [1.29, 1.82) is 0 Å². The van der Waals surface area contributed by atoms with Crippen LogP contribution in [0.2, 0.25) is 0 Å². The van der Waals surface area contributed by atoms with Gasteiger partial charge in [-0.1, -0.05) is 12.1 Å². The van der Waals surface area contributed by atoms with Gasteiger partial charge in [0.15, 0.2) is 0 Å². The third kappa shape index (κ3) is 3.49. The average Bonchev–Trinajstić information content (AvgIpc) is 3.04. The Morgan fingerprint density at radius 3 is 2.65 bits per heavy atom. The molecule has 0 saturated carbocycles. The molecule has 6 nitrogen and oxygen atoms in total. The van der Waals surface area contributed by atoms with Crippen LogP contribution in [-0.2, 0) is 20.8 Å². The Hall–Kier alpha value is -3.02. The molecule has 0 radical (unpaired) electrons. The van der Waals surface area contributed by atoms with E-state index in [1.165, 1.54) is 7.11 Å². The van der Waals surface area contributed by atoms with E-state index in [2.05, 4.69) is 9.89 Å². The zero-order chi connectivity index (χ0) is 18.5. The number of carbonyl (C=O) groups is 1. The molecule has 1 aromatic rings. The molecular weight excluding hydrogens is 332 g/mol. The number of hydrogen-bond acceptors (Lipinski definition) is 6. The molecule has 0 fully saturated rings. The SMILES string of the molecule is COC=CC1=CN(Cc2ccc(OC)cc2)C2N=CC=C(C(=O)OC)C12. The number of carbonyl (C=O) groups excluding carboxylic acids is 1. The van der Waals surface area contributed by atoms with Crippen molar-refractivity contribution in [3.8, 4) is 5.75 Å². The van der Waals surface area contributed by atoms with Crippen molar-refractivity contribution in [3.63, 3.8) is 0 Å². The van der Waals surface area contributed by atoms with E-state index in [4.69, 9.17) is 14.2 Å². The van der Waals surface area contributed by atoms with Crippen LogP contribution in [0.3, 0.4) is 0 Å². The normalized spacial score (nSPS) is 21.3. The fraction of sp³-hybridized carbons (Fsp3) is 0.300. The number of nitrogens with zero attached hydrogens (tertiary/aromatic N) is 2. The Kier molecular flexibility index (Phi) is 5.41. The van der Waals surface area contributed by atoms with Crippen LogP contribution < -0.4 is 4.74 Å². The van der Waals surface area contributed by atoms with Gasteiger partial charge in [-0.15, -0.1) is 0 Å². The first-order valence-electron chi connectivity index (χ1n) is 8.29. The topological polar surface area (TPSA) is 60.4 Å². The lowest BCUT2D eigenvalue weighted by molar-refractivity contribution is -0.136. The smallest absolute Gasteiger partial charge is 0.334 e. The van der Waals surface area contributed by atoms with Gasteiger partial charge in [-0.25, -0.2) is 4.79 Å². The number of rotatable bonds is 6. The van der Waals surface area contributed by atoms with Gasteiger partial charge in [0.2, 0.25) is 0 Å². The van der Waals surface area contributed by atoms with Crippen LogP contribution in [0.1, 0.15) is 5.56 Å². The average molecular weight is 354 g/mol. The third-order valence-electron chi connectivity index (χ3n) is 4.48. The van der Waals surface area contributed by atoms with Gasteiger partial charge in [-0.05, 0) is 35.4 Å². The van der Waals surface area contributed by atoms with Gasteiger partial charge in [0.05, 0.1) is 39.1 Å². The second-order valence-corrected chi connectivity index (χ2v) is 5.99. The summed E-state index contributed by atoms with van der Waals surface area (Å²) in [7, 11) is 4.63. The summed E-state index contributed by atoms with van der Waals surface area (Å²) in [5, 5.41) is 0. The Bertz CT molecular complexity index is 778. The van der Waals surface area contributed by atoms with Crippen LogP contribution in [0.5, 0.6) is 5.75 Å². The van der Waals surface area contributed by atoms with Crippen LogP contribution >= 0.6 is 0 Å². The van der Waals surface area contributed by atoms with Crippen LogP contribution in [0.4, 0.5) is 0 Å². The minimum absolute atomic E-state index is 0.183. The van der Waals surface area contributed by atoms with Crippen molar-refractivity contribution in [2.24, 2.45) is 10.9 Å². The van der Waals surface area contributed by atoms with E-state index < -0.39 is 0 Å². The van der Waals surface area contributed by atoms with Crippen molar-refractivity contribution in [3.05, 3.63) is 65.6 Å². The van der Waals surface area contributed by atoms with E-state index in [0.717, 1.165) is 16.9 Å². The van der Waals surface area contributed by atoms with Crippen molar-refractivity contribution in [2.45, 2.75) is 12.7 Å². The number of aliphatic imine (C=N–C) groups is 1. The molecule has 2 aliphatic heterocycles. The molecule has 0 amide bonds. The van der Waals surface area contributed by atoms with Gasteiger partial charge in [0.1, 0.15) is 11.9 Å². The lowest BCUT2D eigenvalue weighted by Gasteiger charge is -2.29. The van der Waals surface area contributed by atoms with Gasteiger partial charge >= 0.3 is 5.97 Å². The van der Waals surface area contributed by atoms with Crippen LogP contribution in [0, 0.1) is 5.92 Å². The number of ether oxygens (including phenoxy) is 3. The molecule has 0 aliphatic carbocycles. The molecule has 136 valence electrons. The van der Waals surface area contributed by atoms with E-state index in [9.17, 15) is 4.79 Å². The molecule has 6 heteroatoms. The monoisotopic (exact) mass is 354 g/mol. The maximum atomic E-state index is 12.2. The highest BCUT2D eigenvalue weighted by Gasteiger charge is 2.40. The molecule has 2 heterocycles. The summed E-state index contributed by atoms with van der Waals surface area (Å²) in [6.07, 6.45) is 8.70. The maximum absolute atomic E-state index is 12.2. The fourth-order valence-electron chi connectivity index (χ4n) is 3.23. The standard InChI is InChI=1S/C20H22N2O4/c1-24-11-9-15-13-22(12-14-4-6-16(25-2)7-5-14)19-18(15)17(8-10-21-19)20(23)26-3/h4-11,13,18-19H,12H2,1-3H3. The lowest BCUT2D eigenvalue weighted by Crippen LogP contribution is -2.35. The Balaban J connectivity index is 1.88. The molecular formula is C20H22N2O4. The molecule has 3 rings (SSSR count). The number of hydrogen-bond donors (Lipinski definition) is 0. The predicted octanol–water partition coefficient (Wildman–Crippen LogP) is 2.68. The number of methoxy groups -OCH3 is 3. The predicted molar refractivity (Wildman–Crippen MR) is 98.6 cm³/mol. The molecule has 0 aromatic heterocycles. The van der Waals surface area contributed by atoms with Crippen molar-refractivity contribution in [2.75, 3.05) is 21.3 Å². The first kappa shape index (κ1) is 17.8. The summed E-state index contributed by atoms with van der Waals surface area (Å²) >= 11 is 0. The van der Waals surface area contributed by atoms with Crippen molar-refractivity contribution >= 4 is 12.2 Å². The minimum atomic E-state index is -0.339. The molecule has 1 aromatic carbocycles. The van der Waals surface area contributed by atoms with Crippen LogP contribution in [0.15, 0.2) is 65.0 Å². The maximum Gasteiger partial charge on any atom is 0.334 e. The summed E-state index contributed by atoms with van der Waals surface area (Å²) in [5.41, 5.74) is 2.68. The molecule has 26 heavy (non-hydrogen) atoms. The summed E-state index contributed by atoms with van der Waals surface area (Å²) < 4.78 is 15.2. The van der Waals surface area contributed by atoms with E-state index in [1.54, 1.807) is 32.8 Å². The molecule has 2 atom stereocenters. The van der Waals surface area contributed by atoms with E-state index >= 15 is 0 Å². The summed E-state index contributed by atoms with van der Waals surface area (Å²) in [6.45, 7) is 0.668. The number of esters is 1. The Morgan fingerprint density at radius 1 is 1.23 bits per heavy atom. The number of benzene rings is 1. The van der Waals surface area contributed by atoms with Crippen molar-refractivity contribution < 1.29 is 19.0 Å². The van der Waals surface area contributed by atoms with Gasteiger partial charge in [-0.3, -0.25) is 4.99 Å². The Labute approximate surface area is 153 Å². The molecule has 0 N–H and O–H groups in total. The van der Waals surface area contributed by atoms with E-state index in [0.29, 0.717) is 12.1 Å². The first-order chi connectivity index (χ1) is 12.7. The Morgan fingerprint density at radius 2 is 2.00 bits per heavy atom. The molecule has 0 saturated heterocycles. The number of allylic oxidation sites excluding steroid dienone is 2. The minimum Gasteiger partial charge on any atom is -0.504 e. The largest absolute Gasteiger partial charge is 0.504 e. The van der Waals surface area contributed by atoms with Crippen LogP contribution in [-0.4, -0.2) is 44.6 Å². The second kappa shape index (κ2) is 7.91. The zero-order valence-corrected chi connectivity index (χ0v) is 15.1. The fourth-order valence-corrected chi connectivity index (χ4v) is 3.23. The van der Waals surface area contributed by atoms with Gasteiger partial charge in [-0.2, -0.15) is 0 Å². The van der Waals surface area contributed by atoms with Gasteiger partial charge < -0.3 is 19.1 Å². The van der Waals surface area contributed by atoms with Gasteiger partial charge in [0.25, 0.3) is 0 Å².